The van der Waals surface area contributed by atoms with Crippen molar-refractivity contribution in [2.24, 2.45) is 0 Å². The number of carbonyl (C=O) groups excluding carboxylic acids is 1. The summed E-state index contributed by atoms with van der Waals surface area (Å²) in [6.45, 7) is 3.22. The maximum absolute atomic E-state index is 14.1. The summed E-state index contributed by atoms with van der Waals surface area (Å²) in [6, 6.07) is 17.7. The van der Waals surface area contributed by atoms with Gasteiger partial charge in [0.05, 0.1) is 39.4 Å². The lowest BCUT2D eigenvalue weighted by molar-refractivity contribution is -0.131. The molecule has 1 amide bonds. The zero-order valence-electron chi connectivity index (χ0n) is 23.6. The number of hydrogen-bond acceptors (Lipinski definition) is 8. The molecule has 0 unspecified atom stereocenters. The fourth-order valence-electron chi connectivity index (χ4n) is 5.33. The van der Waals surface area contributed by atoms with Gasteiger partial charge in [-0.25, -0.2) is 9.37 Å². The first kappa shape index (κ1) is 27.6. The highest BCUT2D eigenvalue weighted by atomic mass is 19.1. The van der Waals surface area contributed by atoms with E-state index >= 15 is 0 Å². The van der Waals surface area contributed by atoms with Gasteiger partial charge < -0.3 is 33.5 Å². The number of morpholine rings is 1. The highest BCUT2D eigenvalue weighted by molar-refractivity contribution is 5.83. The number of amides is 1. The van der Waals surface area contributed by atoms with E-state index in [1.807, 2.05) is 30.3 Å². The number of hydrogen-bond donors (Lipinski definition) is 0. The van der Waals surface area contributed by atoms with Crippen LogP contribution < -0.4 is 23.8 Å². The normalized spacial score (nSPS) is 14.2. The van der Waals surface area contributed by atoms with Crippen LogP contribution in [0.5, 0.6) is 23.0 Å². The van der Waals surface area contributed by atoms with E-state index < -0.39 is 0 Å². The first-order valence-electron chi connectivity index (χ1n) is 13.8. The second-order valence-electron chi connectivity index (χ2n) is 10.2. The van der Waals surface area contributed by atoms with E-state index in [2.05, 4.69) is 4.90 Å². The van der Waals surface area contributed by atoms with Crippen molar-refractivity contribution >= 4 is 22.6 Å². The molecule has 10 heteroatoms. The Kier molecular flexibility index (Phi) is 7.96. The van der Waals surface area contributed by atoms with E-state index in [0.29, 0.717) is 61.4 Å². The molecular formula is C32H32FN3O6. The second-order valence-corrected chi connectivity index (χ2v) is 10.2. The Balaban J connectivity index is 1.38. The van der Waals surface area contributed by atoms with Crippen LogP contribution in [0.1, 0.15) is 16.7 Å². The number of anilines is 1. The Morgan fingerprint density at radius 3 is 2.57 bits per heavy atom. The first-order chi connectivity index (χ1) is 20.5. The summed E-state index contributed by atoms with van der Waals surface area (Å²) in [7, 11) is 3.17. The fraction of sp³-hybridized carbons (Fsp3) is 0.312. The molecule has 1 saturated heterocycles. The molecule has 4 aromatic rings. The van der Waals surface area contributed by atoms with Crippen LogP contribution in [0.4, 0.5) is 10.2 Å². The van der Waals surface area contributed by atoms with Gasteiger partial charge in [0, 0.05) is 48.8 Å². The van der Waals surface area contributed by atoms with Crippen molar-refractivity contribution in [3.63, 3.8) is 0 Å². The third-order valence-corrected chi connectivity index (χ3v) is 7.50. The number of pyridine rings is 1. The predicted octanol–water partition coefficient (Wildman–Crippen LogP) is 4.73. The Bertz CT molecular complexity index is 1610. The van der Waals surface area contributed by atoms with Crippen molar-refractivity contribution in [3.05, 3.63) is 83.2 Å². The number of benzene rings is 3. The molecule has 0 N–H and O–H groups in total. The number of nitrogens with zero attached hydrogens (tertiary/aromatic N) is 3. The smallest absolute Gasteiger partial charge is 0.231 e. The largest absolute Gasteiger partial charge is 0.497 e. The van der Waals surface area contributed by atoms with E-state index in [1.165, 1.54) is 12.1 Å². The van der Waals surface area contributed by atoms with Crippen LogP contribution in [0.3, 0.4) is 0 Å². The van der Waals surface area contributed by atoms with Crippen LogP contribution in [0.2, 0.25) is 0 Å². The molecule has 9 nitrogen and oxygen atoms in total. The van der Waals surface area contributed by atoms with Crippen LogP contribution in [-0.4, -0.2) is 63.1 Å². The summed E-state index contributed by atoms with van der Waals surface area (Å²) in [4.78, 5) is 22.9. The first-order valence-corrected chi connectivity index (χ1v) is 13.8. The van der Waals surface area contributed by atoms with Gasteiger partial charge in [-0.3, -0.25) is 4.79 Å². The molecular weight excluding hydrogens is 541 g/mol. The second kappa shape index (κ2) is 12.1. The average Bonchev–Trinajstić information content (AvgIpc) is 3.49. The van der Waals surface area contributed by atoms with Crippen molar-refractivity contribution in [2.45, 2.75) is 19.5 Å². The standard InChI is InChI=1S/C32H32FN3O6/c1-38-26-6-8-28(39-2)23(15-26)16-31(37)36(18-21-3-7-29-30(13-21)42-20-41-29)19-24-14-22-4-5-25(33)17-27(22)34-32(24)35-9-11-40-12-10-35/h3-8,13-15,17H,9-12,16,18-20H2,1-2H3. The summed E-state index contributed by atoms with van der Waals surface area (Å²) < 4.78 is 41.7. The van der Waals surface area contributed by atoms with Gasteiger partial charge in [-0.15, -0.1) is 0 Å². The fourth-order valence-corrected chi connectivity index (χ4v) is 5.33. The maximum atomic E-state index is 14.1. The molecule has 0 spiro atoms. The number of halogens is 1. The van der Waals surface area contributed by atoms with Gasteiger partial charge in [-0.1, -0.05) is 6.07 Å². The molecule has 2 aliphatic rings. The van der Waals surface area contributed by atoms with Crippen LogP contribution >= 0.6 is 0 Å². The molecule has 0 saturated carbocycles. The van der Waals surface area contributed by atoms with Gasteiger partial charge >= 0.3 is 0 Å². The minimum atomic E-state index is -0.345. The summed E-state index contributed by atoms with van der Waals surface area (Å²) in [5, 5.41) is 0.799. The Labute approximate surface area is 243 Å². The Morgan fingerprint density at radius 1 is 0.929 bits per heavy atom. The molecule has 42 heavy (non-hydrogen) atoms. The van der Waals surface area contributed by atoms with E-state index in [4.69, 9.17) is 28.7 Å². The van der Waals surface area contributed by atoms with E-state index in [0.717, 1.165) is 27.9 Å². The van der Waals surface area contributed by atoms with Crippen molar-refractivity contribution in [1.82, 2.24) is 9.88 Å². The lowest BCUT2D eigenvalue weighted by atomic mass is 10.1. The summed E-state index contributed by atoms with van der Waals surface area (Å²) in [5.41, 5.74) is 3.05. The van der Waals surface area contributed by atoms with Crippen molar-refractivity contribution in [1.29, 1.82) is 0 Å². The lowest BCUT2D eigenvalue weighted by Gasteiger charge is -2.31. The topological polar surface area (TPSA) is 82.6 Å². The molecule has 2 aliphatic heterocycles. The number of carbonyl (C=O) groups is 1. The van der Waals surface area contributed by atoms with Gasteiger partial charge in [0.2, 0.25) is 12.7 Å². The van der Waals surface area contributed by atoms with Crippen LogP contribution in [-0.2, 0) is 29.0 Å². The molecule has 0 aliphatic carbocycles. The minimum Gasteiger partial charge on any atom is -0.497 e. The third kappa shape index (κ3) is 5.89. The number of aromatic nitrogens is 1. The summed E-state index contributed by atoms with van der Waals surface area (Å²) in [6.07, 6.45) is 0.101. The molecule has 0 bridgehead atoms. The van der Waals surface area contributed by atoms with Crippen molar-refractivity contribution in [3.8, 4) is 23.0 Å². The zero-order chi connectivity index (χ0) is 29.1. The zero-order valence-corrected chi connectivity index (χ0v) is 23.6. The lowest BCUT2D eigenvalue weighted by Crippen LogP contribution is -2.38. The SMILES string of the molecule is COc1ccc(OC)c(CC(=O)N(Cc2ccc3c(c2)OCO3)Cc2cc3ccc(F)cc3nc2N2CCOCC2)c1. The summed E-state index contributed by atoms with van der Waals surface area (Å²) >= 11 is 0. The van der Waals surface area contributed by atoms with Gasteiger partial charge in [-0.05, 0) is 54.1 Å². The van der Waals surface area contributed by atoms with E-state index in [-0.39, 0.29) is 31.5 Å². The van der Waals surface area contributed by atoms with Crippen LogP contribution in [0.15, 0.2) is 60.7 Å². The van der Waals surface area contributed by atoms with Crippen LogP contribution in [0.25, 0.3) is 10.9 Å². The third-order valence-electron chi connectivity index (χ3n) is 7.50. The van der Waals surface area contributed by atoms with Gasteiger partial charge in [-0.2, -0.15) is 0 Å². The molecule has 1 aromatic heterocycles. The summed E-state index contributed by atoms with van der Waals surface area (Å²) in [5.74, 6) is 2.85. The highest BCUT2D eigenvalue weighted by Crippen LogP contribution is 2.34. The Hall–Kier alpha value is -4.57. The number of rotatable bonds is 9. The molecule has 0 atom stereocenters. The predicted molar refractivity (Wildman–Crippen MR) is 155 cm³/mol. The van der Waals surface area contributed by atoms with Crippen molar-refractivity contribution < 1.29 is 32.9 Å². The molecule has 0 radical (unpaired) electrons. The maximum Gasteiger partial charge on any atom is 0.231 e. The monoisotopic (exact) mass is 573 g/mol. The molecule has 3 aromatic carbocycles. The number of ether oxygens (including phenoxy) is 5. The van der Waals surface area contributed by atoms with Gasteiger partial charge in [0.15, 0.2) is 11.5 Å². The average molecular weight is 574 g/mol. The number of fused-ring (bicyclic) bond motifs is 2. The number of methoxy groups -OCH3 is 2. The molecule has 1 fully saturated rings. The van der Waals surface area contributed by atoms with E-state index in [9.17, 15) is 9.18 Å². The van der Waals surface area contributed by atoms with Crippen molar-refractivity contribution in [2.75, 3.05) is 52.2 Å². The highest BCUT2D eigenvalue weighted by Gasteiger charge is 2.24. The molecule has 6 rings (SSSR count). The minimum absolute atomic E-state index is 0.101. The Morgan fingerprint density at radius 2 is 1.76 bits per heavy atom. The van der Waals surface area contributed by atoms with Gasteiger partial charge in [0.1, 0.15) is 23.1 Å². The van der Waals surface area contributed by atoms with Gasteiger partial charge in [0.25, 0.3) is 0 Å². The van der Waals surface area contributed by atoms with Crippen LogP contribution in [0, 0.1) is 5.82 Å². The molecule has 3 heterocycles. The molecule has 218 valence electrons. The quantitative estimate of drug-likeness (QED) is 0.284. The van der Waals surface area contributed by atoms with E-state index in [1.54, 1.807) is 37.3 Å².